The summed E-state index contributed by atoms with van der Waals surface area (Å²) >= 11 is 2.66. The molecule has 0 bridgehead atoms. The molecule has 0 unspecified atom stereocenters. The number of hydrogen-bond donors (Lipinski definition) is 2. The number of hydrogen-bond acceptors (Lipinski definition) is 7. The summed E-state index contributed by atoms with van der Waals surface area (Å²) in [5.74, 6) is -0.267. The van der Waals surface area contributed by atoms with Gasteiger partial charge >= 0.3 is 0 Å². The Labute approximate surface area is 177 Å². The van der Waals surface area contributed by atoms with Crippen LogP contribution < -0.4 is 10.0 Å². The number of thiophene rings is 1. The summed E-state index contributed by atoms with van der Waals surface area (Å²) in [7, 11) is -3.60. The number of fused-ring (bicyclic) bond motifs is 1. The second kappa shape index (κ2) is 8.23. The molecular weight excluding hydrogens is 428 g/mol. The van der Waals surface area contributed by atoms with E-state index >= 15 is 0 Å². The zero-order valence-corrected chi connectivity index (χ0v) is 18.2. The number of thiazole rings is 1. The van der Waals surface area contributed by atoms with E-state index in [0.29, 0.717) is 16.4 Å². The van der Waals surface area contributed by atoms with Crippen molar-refractivity contribution in [1.82, 2.24) is 9.88 Å². The Morgan fingerprint density at radius 3 is 2.72 bits per heavy atom. The van der Waals surface area contributed by atoms with Crippen molar-refractivity contribution in [1.29, 1.82) is 0 Å². The summed E-state index contributed by atoms with van der Waals surface area (Å²) in [6.45, 7) is 5.00. The van der Waals surface area contributed by atoms with Crippen molar-refractivity contribution in [2.24, 2.45) is 0 Å². The Morgan fingerprint density at radius 2 is 2.03 bits per heavy atom. The largest absolute Gasteiger partial charge is 0.298 e. The van der Waals surface area contributed by atoms with E-state index in [0.717, 1.165) is 43.1 Å². The molecule has 0 atom stereocenters. The lowest BCUT2D eigenvalue weighted by atomic mass is 10.2. The van der Waals surface area contributed by atoms with Crippen molar-refractivity contribution < 1.29 is 13.2 Å². The molecule has 29 heavy (non-hydrogen) atoms. The van der Waals surface area contributed by atoms with E-state index in [1.54, 1.807) is 41.8 Å². The van der Waals surface area contributed by atoms with Gasteiger partial charge in [0.25, 0.3) is 15.9 Å². The highest BCUT2D eigenvalue weighted by Crippen LogP contribution is 2.28. The standard InChI is InChI=1S/C19H20N4O3S3/c1-2-23-10-9-15-16(12-23)28-19(20-15)21-18(24)13-5-7-14(8-6-13)22-29(25,26)17-4-3-11-27-17/h3-8,11,22H,2,9-10,12H2,1H3,(H,20,21,24). The Morgan fingerprint density at radius 1 is 1.24 bits per heavy atom. The molecule has 0 aliphatic carbocycles. The molecule has 7 nitrogen and oxygen atoms in total. The number of nitrogens with zero attached hydrogens (tertiary/aromatic N) is 2. The minimum atomic E-state index is -3.60. The zero-order chi connectivity index (χ0) is 20.4. The van der Waals surface area contributed by atoms with E-state index in [-0.39, 0.29) is 10.1 Å². The van der Waals surface area contributed by atoms with Gasteiger partial charge in [-0.2, -0.15) is 0 Å². The highest BCUT2D eigenvalue weighted by Gasteiger charge is 2.21. The van der Waals surface area contributed by atoms with E-state index in [2.05, 4.69) is 26.8 Å². The van der Waals surface area contributed by atoms with Crippen LogP contribution >= 0.6 is 22.7 Å². The van der Waals surface area contributed by atoms with Gasteiger partial charge in [-0.25, -0.2) is 13.4 Å². The first-order valence-electron chi connectivity index (χ1n) is 9.13. The normalized spacial score (nSPS) is 14.4. The number of carbonyl (C=O) groups is 1. The van der Waals surface area contributed by atoms with Crippen LogP contribution in [0.2, 0.25) is 0 Å². The number of carbonyl (C=O) groups excluding carboxylic acids is 1. The molecule has 4 rings (SSSR count). The van der Waals surface area contributed by atoms with E-state index < -0.39 is 10.0 Å². The molecule has 3 heterocycles. The lowest BCUT2D eigenvalue weighted by Crippen LogP contribution is -2.29. The molecule has 0 saturated carbocycles. The van der Waals surface area contributed by atoms with Gasteiger partial charge in [-0.1, -0.05) is 13.0 Å². The Hall–Kier alpha value is -2.27. The monoisotopic (exact) mass is 448 g/mol. The third-order valence-electron chi connectivity index (χ3n) is 4.64. The number of likely N-dealkylation sites (N-methyl/N-ethyl adjacent to an activating group) is 1. The molecule has 0 saturated heterocycles. The molecule has 0 spiro atoms. The van der Waals surface area contributed by atoms with Gasteiger partial charge in [0, 0.05) is 35.6 Å². The van der Waals surface area contributed by atoms with Crippen molar-refractivity contribution >= 4 is 49.4 Å². The lowest BCUT2D eigenvalue weighted by Gasteiger charge is -2.23. The van der Waals surface area contributed by atoms with Crippen LogP contribution in [0.1, 0.15) is 27.9 Å². The molecule has 0 radical (unpaired) electrons. The first-order chi connectivity index (χ1) is 13.9. The van der Waals surface area contributed by atoms with E-state index in [1.807, 2.05) is 0 Å². The second-order valence-electron chi connectivity index (χ2n) is 6.58. The fourth-order valence-corrected chi connectivity index (χ4v) is 6.15. The number of benzene rings is 1. The highest BCUT2D eigenvalue weighted by molar-refractivity contribution is 7.94. The summed E-state index contributed by atoms with van der Waals surface area (Å²) in [6, 6.07) is 9.56. The zero-order valence-electron chi connectivity index (χ0n) is 15.7. The topological polar surface area (TPSA) is 91.4 Å². The molecular formula is C19H20N4O3S3. The fourth-order valence-electron chi connectivity index (χ4n) is 3.05. The number of rotatable bonds is 6. The lowest BCUT2D eigenvalue weighted by molar-refractivity contribution is 0.102. The molecule has 1 aliphatic rings. The van der Waals surface area contributed by atoms with Crippen molar-refractivity contribution in [2.45, 2.75) is 24.1 Å². The maximum Gasteiger partial charge on any atom is 0.271 e. The van der Waals surface area contributed by atoms with Crippen LogP contribution in [-0.4, -0.2) is 37.3 Å². The van der Waals surface area contributed by atoms with Crippen LogP contribution in [0.3, 0.4) is 0 Å². The minimum absolute atomic E-state index is 0.244. The van der Waals surface area contributed by atoms with Gasteiger partial charge in [0.05, 0.1) is 5.69 Å². The van der Waals surface area contributed by atoms with Gasteiger partial charge in [0.1, 0.15) is 4.21 Å². The van der Waals surface area contributed by atoms with Gasteiger partial charge in [0.15, 0.2) is 5.13 Å². The van der Waals surface area contributed by atoms with Crippen LogP contribution in [0, 0.1) is 0 Å². The number of amides is 1. The van der Waals surface area contributed by atoms with Gasteiger partial charge in [-0.3, -0.25) is 19.7 Å². The molecule has 2 aromatic heterocycles. The van der Waals surface area contributed by atoms with Crippen LogP contribution in [0.4, 0.5) is 10.8 Å². The maximum absolute atomic E-state index is 12.5. The predicted molar refractivity (Wildman–Crippen MR) is 116 cm³/mol. The first-order valence-corrected chi connectivity index (χ1v) is 12.3. The van der Waals surface area contributed by atoms with Crippen molar-refractivity contribution in [3.63, 3.8) is 0 Å². The minimum Gasteiger partial charge on any atom is -0.298 e. The van der Waals surface area contributed by atoms with Crippen molar-refractivity contribution in [2.75, 3.05) is 23.1 Å². The van der Waals surface area contributed by atoms with Crippen LogP contribution in [0.25, 0.3) is 0 Å². The molecule has 0 fully saturated rings. The van der Waals surface area contributed by atoms with Gasteiger partial charge in [0.2, 0.25) is 0 Å². The maximum atomic E-state index is 12.5. The van der Waals surface area contributed by atoms with Gasteiger partial charge < -0.3 is 0 Å². The molecule has 1 aliphatic heterocycles. The third-order valence-corrected chi connectivity index (χ3v) is 8.41. The number of aromatic nitrogens is 1. The molecule has 3 aromatic rings. The number of nitrogens with one attached hydrogen (secondary N) is 2. The van der Waals surface area contributed by atoms with E-state index in [1.165, 1.54) is 16.2 Å². The quantitative estimate of drug-likeness (QED) is 0.601. The molecule has 1 amide bonds. The summed E-state index contributed by atoms with van der Waals surface area (Å²) in [6.07, 6.45) is 0.897. The Bertz CT molecular complexity index is 1110. The molecule has 152 valence electrons. The summed E-state index contributed by atoms with van der Waals surface area (Å²) in [5.41, 5.74) is 1.90. The van der Waals surface area contributed by atoms with Crippen LogP contribution in [-0.2, 0) is 23.0 Å². The summed E-state index contributed by atoms with van der Waals surface area (Å²) < 4.78 is 27.3. The van der Waals surface area contributed by atoms with Gasteiger partial charge in [-0.15, -0.1) is 22.7 Å². The number of sulfonamides is 1. The summed E-state index contributed by atoms with van der Waals surface area (Å²) in [5, 5.41) is 5.16. The summed E-state index contributed by atoms with van der Waals surface area (Å²) in [4.78, 5) is 20.6. The number of anilines is 2. The average Bonchev–Trinajstić information content (AvgIpc) is 3.37. The van der Waals surface area contributed by atoms with Crippen molar-refractivity contribution in [3.05, 3.63) is 57.9 Å². The molecule has 1 aromatic carbocycles. The van der Waals surface area contributed by atoms with Crippen molar-refractivity contribution in [3.8, 4) is 0 Å². The van der Waals surface area contributed by atoms with Crippen LogP contribution in [0.5, 0.6) is 0 Å². The molecule has 2 N–H and O–H groups in total. The Balaban J connectivity index is 1.42. The third kappa shape index (κ3) is 4.50. The van der Waals surface area contributed by atoms with E-state index in [9.17, 15) is 13.2 Å². The second-order valence-corrected chi connectivity index (χ2v) is 10.5. The van der Waals surface area contributed by atoms with E-state index in [4.69, 9.17) is 0 Å². The average molecular weight is 449 g/mol. The first kappa shape index (κ1) is 20.0. The SMILES string of the molecule is CCN1CCc2nc(NC(=O)c3ccc(NS(=O)(=O)c4cccs4)cc3)sc2C1. The smallest absolute Gasteiger partial charge is 0.271 e. The Kier molecular flexibility index (Phi) is 5.68. The molecule has 10 heteroatoms. The fraction of sp³-hybridized carbons (Fsp3) is 0.263. The van der Waals surface area contributed by atoms with Gasteiger partial charge in [-0.05, 0) is 42.3 Å². The predicted octanol–water partition coefficient (Wildman–Crippen LogP) is 3.64. The highest BCUT2D eigenvalue weighted by atomic mass is 32.2. The van der Waals surface area contributed by atoms with Crippen LogP contribution in [0.15, 0.2) is 46.0 Å².